The second-order valence-corrected chi connectivity index (χ2v) is 8.57. The monoisotopic (exact) mass is 413 g/mol. The van der Waals surface area contributed by atoms with E-state index in [1.165, 1.54) is 23.6 Å². The summed E-state index contributed by atoms with van der Waals surface area (Å²) in [5, 5.41) is 28.4. The van der Waals surface area contributed by atoms with Crippen LogP contribution in [0.2, 0.25) is 0 Å². The molecule has 2 fully saturated rings. The Morgan fingerprint density at radius 3 is 2.47 bits per heavy atom. The van der Waals surface area contributed by atoms with Crippen molar-refractivity contribution in [1.82, 2.24) is 20.0 Å². The molecule has 0 radical (unpaired) electrons. The molecule has 1 saturated heterocycles. The van der Waals surface area contributed by atoms with Crippen LogP contribution in [-0.2, 0) is 13.1 Å². The van der Waals surface area contributed by atoms with Crippen LogP contribution in [0.25, 0.3) is 0 Å². The molecule has 2 aromatic rings. The van der Waals surface area contributed by atoms with Gasteiger partial charge in [-0.3, -0.25) is 4.90 Å². The zero-order chi connectivity index (χ0) is 20.9. The Hall–Kier alpha value is -2.29. The Morgan fingerprint density at radius 2 is 1.77 bits per heavy atom. The maximum absolute atomic E-state index is 11.0. The molecule has 8 nitrogen and oxygen atoms in total. The van der Waals surface area contributed by atoms with Crippen molar-refractivity contribution in [3.05, 3.63) is 57.8 Å². The van der Waals surface area contributed by atoms with E-state index in [0.29, 0.717) is 0 Å². The first kappa shape index (κ1) is 21.0. The van der Waals surface area contributed by atoms with Crippen LogP contribution in [0.4, 0.5) is 5.82 Å². The van der Waals surface area contributed by atoms with Gasteiger partial charge in [0.05, 0.1) is 29.5 Å². The quantitative estimate of drug-likeness (QED) is 0.535. The van der Waals surface area contributed by atoms with Crippen LogP contribution < -0.4 is 5.32 Å². The topological polar surface area (TPSA) is 96.5 Å². The average molecular weight is 414 g/mol. The summed E-state index contributed by atoms with van der Waals surface area (Å²) >= 11 is 0. The number of nitrogens with one attached hydrogen (secondary N) is 1. The normalized spacial score (nSPS) is 23.5. The third-order valence-corrected chi connectivity index (χ3v) is 6.41. The average Bonchev–Trinajstić information content (AvgIpc) is 3.26. The fraction of sp³-hybridized carbons (Fsp3) is 0.591. The fourth-order valence-corrected chi connectivity index (χ4v) is 4.62. The van der Waals surface area contributed by atoms with Gasteiger partial charge < -0.3 is 20.5 Å². The molecule has 1 aromatic heterocycles. The first-order chi connectivity index (χ1) is 14.6. The third kappa shape index (κ3) is 5.24. The molecule has 4 rings (SSSR count). The number of aliphatic hydroxyl groups is 1. The van der Waals surface area contributed by atoms with Crippen LogP contribution in [0.3, 0.4) is 0 Å². The number of piperidine rings is 1. The van der Waals surface area contributed by atoms with Crippen LogP contribution >= 0.6 is 0 Å². The lowest BCUT2D eigenvalue weighted by molar-refractivity contribution is -0.389. The van der Waals surface area contributed by atoms with Crippen molar-refractivity contribution >= 4 is 5.82 Å². The van der Waals surface area contributed by atoms with Crippen LogP contribution in [-0.4, -0.2) is 49.9 Å². The van der Waals surface area contributed by atoms with Gasteiger partial charge in [0.25, 0.3) is 0 Å². The lowest BCUT2D eigenvalue weighted by Crippen LogP contribution is -2.39. The van der Waals surface area contributed by atoms with Crippen molar-refractivity contribution in [3.8, 4) is 0 Å². The summed E-state index contributed by atoms with van der Waals surface area (Å²) in [5.74, 6) is -0.0851. The van der Waals surface area contributed by atoms with Crippen molar-refractivity contribution in [2.45, 2.75) is 69.8 Å². The highest BCUT2D eigenvalue weighted by Crippen LogP contribution is 2.29. The third-order valence-electron chi connectivity index (χ3n) is 6.41. The first-order valence-corrected chi connectivity index (χ1v) is 11.0. The zero-order valence-electron chi connectivity index (χ0n) is 17.3. The molecule has 2 heterocycles. The number of aromatic nitrogens is 2. The second-order valence-electron chi connectivity index (χ2n) is 8.57. The minimum atomic E-state index is -0.435. The van der Waals surface area contributed by atoms with E-state index in [1.54, 1.807) is 10.9 Å². The van der Waals surface area contributed by atoms with Gasteiger partial charge in [-0.25, -0.2) is 0 Å². The summed E-state index contributed by atoms with van der Waals surface area (Å²) in [5.41, 5.74) is 2.54. The molecule has 8 heteroatoms. The van der Waals surface area contributed by atoms with Gasteiger partial charge in [-0.2, -0.15) is 4.68 Å². The zero-order valence-corrected chi connectivity index (χ0v) is 17.3. The molecule has 2 aliphatic rings. The standard InChI is InChI=1S/C22H31N5O3/c28-19-9-12-25(13-10-19)16-18-7-5-17(6-8-18)15-23-20-3-1-2-4-21(20)26-14-11-22(24-26)27(29)30/h5-8,11,14,19-21,23,28H,1-4,9-10,12-13,15-16H2. The minimum Gasteiger partial charge on any atom is -0.393 e. The Bertz CT molecular complexity index is 830. The SMILES string of the molecule is O=[N+]([O-])c1ccn(C2CCCCC2NCc2ccc(CN3CCC(O)CC3)cc2)n1. The first-order valence-electron chi connectivity index (χ1n) is 11.0. The van der Waals surface area contributed by atoms with Gasteiger partial charge in [0.2, 0.25) is 0 Å². The Balaban J connectivity index is 1.31. The summed E-state index contributed by atoms with van der Waals surface area (Å²) in [6.45, 7) is 3.63. The number of rotatable bonds is 7. The number of benzene rings is 1. The Kier molecular flexibility index (Phi) is 6.76. The van der Waals surface area contributed by atoms with Gasteiger partial charge in [0.15, 0.2) is 0 Å². The van der Waals surface area contributed by atoms with Gasteiger partial charge in [-0.15, -0.1) is 0 Å². The number of hydrogen-bond donors (Lipinski definition) is 2. The largest absolute Gasteiger partial charge is 0.393 e. The minimum absolute atomic E-state index is 0.0851. The predicted octanol–water partition coefficient (Wildman–Crippen LogP) is 3.02. The molecule has 1 aliphatic heterocycles. The second kappa shape index (κ2) is 9.68. The van der Waals surface area contributed by atoms with Crippen molar-refractivity contribution in [2.24, 2.45) is 0 Å². The lowest BCUT2D eigenvalue weighted by Gasteiger charge is -2.31. The lowest BCUT2D eigenvalue weighted by atomic mass is 9.90. The summed E-state index contributed by atoms with van der Waals surface area (Å²) < 4.78 is 1.77. The van der Waals surface area contributed by atoms with Gasteiger partial charge in [-0.1, -0.05) is 37.1 Å². The summed E-state index contributed by atoms with van der Waals surface area (Å²) in [6, 6.07) is 10.6. The molecule has 0 spiro atoms. The van der Waals surface area contributed by atoms with Crippen molar-refractivity contribution in [1.29, 1.82) is 0 Å². The molecule has 2 N–H and O–H groups in total. The molecule has 1 aromatic carbocycles. The van der Waals surface area contributed by atoms with Crippen molar-refractivity contribution in [2.75, 3.05) is 13.1 Å². The van der Waals surface area contributed by atoms with Crippen LogP contribution in [0, 0.1) is 10.1 Å². The van der Waals surface area contributed by atoms with Crippen LogP contribution in [0.1, 0.15) is 55.7 Å². The molecule has 30 heavy (non-hydrogen) atoms. The molecule has 1 saturated carbocycles. The number of likely N-dealkylation sites (tertiary alicyclic amines) is 1. The van der Waals surface area contributed by atoms with Gasteiger partial charge in [0, 0.05) is 32.2 Å². The van der Waals surface area contributed by atoms with E-state index in [9.17, 15) is 15.2 Å². The summed E-state index contributed by atoms with van der Waals surface area (Å²) in [6.07, 6.45) is 7.66. The van der Waals surface area contributed by atoms with Crippen LogP contribution in [0.15, 0.2) is 36.5 Å². The number of nitro groups is 1. The molecule has 0 amide bonds. The predicted molar refractivity (Wildman–Crippen MR) is 114 cm³/mol. The van der Waals surface area contributed by atoms with E-state index in [4.69, 9.17) is 0 Å². The summed E-state index contributed by atoms with van der Waals surface area (Å²) in [4.78, 5) is 12.9. The van der Waals surface area contributed by atoms with E-state index in [2.05, 4.69) is 39.6 Å². The van der Waals surface area contributed by atoms with Gasteiger partial charge >= 0.3 is 5.82 Å². The van der Waals surface area contributed by atoms with Crippen molar-refractivity contribution in [3.63, 3.8) is 0 Å². The Morgan fingerprint density at radius 1 is 1.07 bits per heavy atom. The van der Waals surface area contributed by atoms with E-state index < -0.39 is 4.92 Å². The van der Waals surface area contributed by atoms with Crippen LogP contribution in [0.5, 0.6) is 0 Å². The molecule has 1 aliphatic carbocycles. The molecular weight excluding hydrogens is 382 g/mol. The molecular formula is C22H31N5O3. The smallest absolute Gasteiger partial charge is 0.389 e. The maximum atomic E-state index is 11.0. The molecule has 2 unspecified atom stereocenters. The number of nitrogens with zero attached hydrogens (tertiary/aromatic N) is 4. The van der Waals surface area contributed by atoms with Gasteiger partial charge in [-0.05, 0) is 41.7 Å². The number of aliphatic hydroxyl groups excluding tert-OH is 1. The summed E-state index contributed by atoms with van der Waals surface area (Å²) in [7, 11) is 0. The molecule has 2 atom stereocenters. The highest BCUT2D eigenvalue weighted by atomic mass is 16.6. The Labute approximate surface area is 177 Å². The van der Waals surface area contributed by atoms with E-state index in [1.807, 2.05) is 0 Å². The fourth-order valence-electron chi connectivity index (χ4n) is 4.62. The van der Waals surface area contributed by atoms with E-state index in [0.717, 1.165) is 58.3 Å². The highest BCUT2D eigenvalue weighted by molar-refractivity contribution is 5.22. The van der Waals surface area contributed by atoms with Gasteiger partial charge in [0.1, 0.15) is 0 Å². The highest BCUT2D eigenvalue weighted by Gasteiger charge is 2.29. The van der Waals surface area contributed by atoms with E-state index >= 15 is 0 Å². The molecule has 162 valence electrons. The maximum Gasteiger partial charge on any atom is 0.389 e. The van der Waals surface area contributed by atoms with Crippen molar-refractivity contribution < 1.29 is 10.0 Å². The van der Waals surface area contributed by atoms with E-state index in [-0.39, 0.29) is 24.0 Å². The number of hydrogen-bond acceptors (Lipinski definition) is 6. The molecule has 0 bridgehead atoms.